The van der Waals surface area contributed by atoms with Crippen LogP contribution in [0.5, 0.6) is 0 Å². The molecule has 2 aliphatic heterocycles. The second-order valence-electron chi connectivity index (χ2n) is 9.35. The molecule has 0 aliphatic carbocycles. The Kier molecular flexibility index (Phi) is 7.14. The van der Waals surface area contributed by atoms with Crippen LogP contribution >= 0.6 is 11.6 Å². The molecule has 8 heteroatoms. The molecule has 178 valence electrons. The molecule has 4 rings (SSSR count). The summed E-state index contributed by atoms with van der Waals surface area (Å²) in [6.07, 6.45) is 0.419. The minimum absolute atomic E-state index is 0.141. The van der Waals surface area contributed by atoms with Crippen LogP contribution in [0.2, 0.25) is 5.02 Å². The van der Waals surface area contributed by atoms with Crippen molar-refractivity contribution in [3.05, 3.63) is 79.5 Å². The highest BCUT2D eigenvalue weighted by molar-refractivity contribution is 6.30. The third-order valence-corrected chi connectivity index (χ3v) is 5.98. The summed E-state index contributed by atoms with van der Waals surface area (Å²) in [6.45, 7) is 9.40. The summed E-state index contributed by atoms with van der Waals surface area (Å²) < 4.78 is 8.18. The average molecular weight is 481 g/mol. The number of ether oxygens (including phenoxy) is 1. The molecule has 2 aromatic carbocycles. The van der Waals surface area contributed by atoms with Crippen molar-refractivity contribution in [3.63, 3.8) is 0 Å². The van der Waals surface area contributed by atoms with Crippen LogP contribution in [0.4, 0.5) is 0 Å². The van der Waals surface area contributed by atoms with Crippen LogP contribution in [0.25, 0.3) is 22.6 Å². The van der Waals surface area contributed by atoms with Crippen molar-refractivity contribution in [1.29, 1.82) is 0 Å². The van der Waals surface area contributed by atoms with Gasteiger partial charge in [0.1, 0.15) is 0 Å². The molecule has 0 bridgehead atoms. The van der Waals surface area contributed by atoms with Gasteiger partial charge in [0, 0.05) is 18.1 Å². The summed E-state index contributed by atoms with van der Waals surface area (Å²) in [5.74, 6) is 0.919. The number of nitrogens with one attached hydrogen (secondary N) is 1. The summed E-state index contributed by atoms with van der Waals surface area (Å²) in [4.78, 5) is 35.7. The van der Waals surface area contributed by atoms with Crippen molar-refractivity contribution in [2.45, 2.75) is 52.7 Å². The fourth-order valence-corrected chi connectivity index (χ4v) is 4.08. The molecule has 2 aromatic rings. The quantitative estimate of drug-likeness (QED) is 0.371. The largest absolute Gasteiger partial charge is 0.376 e. The molecular weight excluding hydrogens is 452 g/mol. The van der Waals surface area contributed by atoms with Crippen LogP contribution in [0.15, 0.2) is 52.1 Å². The Labute approximate surface area is 203 Å². The van der Waals surface area contributed by atoms with E-state index in [0.29, 0.717) is 41.9 Å². The minimum atomic E-state index is -0.691. The molecule has 34 heavy (non-hydrogen) atoms. The summed E-state index contributed by atoms with van der Waals surface area (Å²) in [5.41, 5.74) is 2.58. The van der Waals surface area contributed by atoms with E-state index in [1.54, 1.807) is 0 Å². The van der Waals surface area contributed by atoms with Crippen molar-refractivity contribution < 1.29 is 4.74 Å². The SMILES string of the molecule is CC(C)COC(Cc1ccc(Cl)cc1)Cn1c2nc(=O)[nH]c(=O)c-2nc2cc(C(C)C)ccc21. The number of halogens is 1. The van der Waals surface area contributed by atoms with Gasteiger partial charge in [0.2, 0.25) is 0 Å². The Morgan fingerprint density at radius 1 is 1.03 bits per heavy atom. The predicted molar refractivity (Wildman–Crippen MR) is 135 cm³/mol. The van der Waals surface area contributed by atoms with E-state index in [0.717, 1.165) is 16.6 Å². The number of nitrogens with zero attached hydrogens (tertiary/aromatic N) is 3. The maximum absolute atomic E-state index is 12.6. The molecule has 7 nitrogen and oxygen atoms in total. The van der Waals surface area contributed by atoms with E-state index in [9.17, 15) is 9.59 Å². The summed E-state index contributed by atoms with van der Waals surface area (Å²) in [6, 6.07) is 13.7. The molecule has 1 N–H and O–H groups in total. The van der Waals surface area contributed by atoms with E-state index in [-0.39, 0.29) is 17.6 Å². The zero-order chi connectivity index (χ0) is 24.4. The molecular formula is C26H29ClN4O3. The molecule has 2 aliphatic rings. The molecule has 2 heterocycles. The highest BCUT2D eigenvalue weighted by atomic mass is 35.5. The number of H-pyrrole nitrogens is 1. The van der Waals surface area contributed by atoms with Gasteiger partial charge in [0.25, 0.3) is 5.56 Å². The van der Waals surface area contributed by atoms with Crippen LogP contribution in [0.3, 0.4) is 0 Å². The standard InChI is InChI=1S/C26H29ClN4O3/c1-15(2)14-34-20(11-17-5-8-19(27)9-6-17)13-31-22-10-7-18(16(3)4)12-21(22)28-23-24(31)29-26(33)30-25(23)32/h5-10,12,15-16,20H,11,13-14H2,1-4H3,(H,30,32,33). The molecule has 0 amide bonds. The van der Waals surface area contributed by atoms with Gasteiger partial charge in [-0.05, 0) is 47.2 Å². The summed E-state index contributed by atoms with van der Waals surface area (Å²) >= 11 is 6.06. The smallest absolute Gasteiger partial charge is 0.349 e. The Bertz CT molecular complexity index is 1380. The summed E-state index contributed by atoms with van der Waals surface area (Å²) in [5, 5.41) is 0.677. The van der Waals surface area contributed by atoms with E-state index < -0.39 is 11.2 Å². The minimum Gasteiger partial charge on any atom is -0.376 e. The molecule has 0 radical (unpaired) electrons. The first-order valence-corrected chi connectivity index (χ1v) is 11.9. The van der Waals surface area contributed by atoms with Crippen LogP contribution in [0, 0.1) is 5.92 Å². The van der Waals surface area contributed by atoms with Crippen LogP contribution in [-0.2, 0) is 17.7 Å². The van der Waals surface area contributed by atoms with E-state index in [1.165, 1.54) is 0 Å². The first-order valence-electron chi connectivity index (χ1n) is 11.5. The monoisotopic (exact) mass is 480 g/mol. The van der Waals surface area contributed by atoms with Gasteiger partial charge in [-0.25, -0.2) is 9.78 Å². The first kappa shape index (κ1) is 24.1. The maximum atomic E-state index is 12.6. The molecule has 0 spiro atoms. The van der Waals surface area contributed by atoms with Crippen LogP contribution in [-0.4, -0.2) is 32.2 Å². The van der Waals surface area contributed by atoms with Gasteiger partial charge in [0.05, 0.1) is 23.7 Å². The number of aromatic amines is 1. The molecule has 0 saturated carbocycles. The zero-order valence-corrected chi connectivity index (χ0v) is 20.6. The Morgan fingerprint density at radius 3 is 2.44 bits per heavy atom. The fraction of sp³-hybridized carbons (Fsp3) is 0.385. The number of hydrogen-bond donors (Lipinski definition) is 1. The van der Waals surface area contributed by atoms with Crippen molar-refractivity contribution >= 4 is 22.6 Å². The van der Waals surface area contributed by atoms with Gasteiger partial charge in [-0.3, -0.25) is 9.78 Å². The third-order valence-electron chi connectivity index (χ3n) is 5.73. The van der Waals surface area contributed by atoms with Gasteiger partial charge in [0.15, 0.2) is 11.5 Å². The van der Waals surface area contributed by atoms with Crippen molar-refractivity contribution in [2.75, 3.05) is 6.61 Å². The van der Waals surface area contributed by atoms with Crippen molar-refractivity contribution in [3.8, 4) is 11.5 Å². The van der Waals surface area contributed by atoms with Crippen LogP contribution < -0.4 is 11.2 Å². The summed E-state index contributed by atoms with van der Waals surface area (Å²) in [7, 11) is 0. The Hall–Kier alpha value is -3.03. The molecule has 0 fully saturated rings. The fourth-order valence-electron chi connectivity index (χ4n) is 3.95. The molecule has 0 aromatic heterocycles. The number of aromatic nitrogens is 4. The van der Waals surface area contributed by atoms with Gasteiger partial charge < -0.3 is 9.30 Å². The highest BCUT2D eigenvalue weighted by Crippen LogP contribution is 2.26. The lowest BCUT2D eigenvalue weighted by Crippen LogP contribution is -2.32. The van der Waals surface area contributed by atoms with Crippen molar-refractivity contribution in [2.24, 2.45) is 5.92 Å². The first-order chi connectivity index (χ1) is 16.2. The third kappa shape index (κ3) is 5.37. The number of hydrogen-bond acceptors (Lipinski definition) is 5. The lowest BCUT2D eigenvalue weighted by atomic mass is 10.0. The van der Waals surface area contributed by atoms with E-state index >= 15 is 0 Å². The predicted octanol–water partition coefficient (Wildman–Crippen LogP) is 4.65. The second kappa shape index (κ2) is 10.1. The van der Waals surface area contributed by atoms with E-state index in [2.05, 4.69) is 42.6 Å². The Morgan fingerprint density at radius 2 is 1.76 bits per heavy atom. The molecule has 1 atom stereocenters. The number of rotatable bonds is 8. The molecule has 0 saturated heterocycles. The van der Waals surface area contributed by atoms with Gasteiger partial charge in [-0.15, -0.1) is 0 Å². The maximum Gasteiger partial charge on any atom is 0.349 e. The molecule has 1 unspecified atom stereocenters. The normalized spacial score (nSPS) is 12.8. The van der Waals surface area contributed by atoms with Crippen LogP contribution in [0.1, 0.15) is 44.7 Å². The van der Waals surface area contributed by atoms with Gasteiger partial charge in [-0.1, -0.05) is 57.5 Å². The Balaban J connectivity index is 1.84. The highest BCUT2D eigenvalue weighted by Gasteiger charge is 2.22. The van der Waals surface area contributed by atoms with Gasteiger partial charge >= 0.3 is 5.69 Å². The van der Waals surface area contributed by atoms with E-state index in [4.69, 9.17) is 16.3 Å². The number of benzene rings is 2. The topological polar surface area (TPSA) is 89.9 Å². The average Bonchev–Trinajstić information content (AvgIpc) is 2.78. The number of fused-ring (bicyclic) bond motifs is 2. The van der Waals surface area contributed by atoms with Crippen molar-refractivity contribution in [1.82, 2.24) is 19.5 Å². The van der Waals surface area contributed by atoms with E-state index in [1.807, 2.05) is 47.0 Å². The lowest BCUT2D eigenvalue weighted by Gasteiger charge is -2.24. The van der Waals surface area contributed by atoms with Gasteiger partial charge in [-0.2, -0.15) is 4.98 Å². The lowest BCUT2D eigenvalue weighted by molar-refractivity contribution is 0.0264. The zero-order valence-electron chi connectivity index (χ0n) is 19.8. The second-order valence-corrected chi connectivity index (χ2v) is 9.78.